The quantitative estimate of drug-likeness (QED) is 0.606. The highest BCUT2D eigenvalue weighted by molar-refractivity contribution is 5.94. The van der Waals surface area contributed by atoms with Crippen molar-refractivity contribution in [3.05, 3.63) is 42.5 Å². The Morgan fingerprint density at radius 3 is 2.89 bits per heavy atom. The molecule has 96 valence electrons. The summed E-state index contributed by atoms with van der Waals surface area (Å²) in [4.78, 5) is 17.6. The van der Waals surface area contributed by atoms with E-state index < -0.39 is 5.95 Å². The van der Waals surface area contributed by atoms with Crippen LogP contribution >= 0.6 is 0 Å². The summed E-state index contributed by atoms with van der Waals surface area (Å²) in [5, 5.41) is 0. The molecule has 1 aliphatic rings. The van der Waals surface area contributed by atoms with Crippen LogP contribution in [0.15, 0.2) is 31.0 Å². The Bertz CT molecular complexity index is 441. The molecule has 0 radical (unpaired) electrons. The maximum atomic E-state index is 13.1. The van der Waals surface area contributed by atoms with Gasteiger partial charge in [0.05, 0.1) is 0 Å². The fourth-order valence-electron chi connectivity index (χ4n) is 2.45. The Morgan fingerprint density at radius 2 is 2.28 bits per heavy atom. The van der Waals surface area contributed by atoms with Gasteiger partial charge in [0.1, 0.15) is 0 Å². The van der Waals surface area contributed by atoms with E-state index >= 15 is 0 Å². The lowest BCUT2D eigenvalue weighted by molar-refractivity contribution is 0.0706. The first-order chi connectivity index (χ1) is 8.72. The fourth-order valence-corrected chi connectivity index (χ4v) is 2.45. The number of carbonyl (C=O) groups is 1. The van der Waals surface area contributed by atoms with E-state index in [1.54, 1.807) is 17.0 Å². The summed E-state index contributed by atoms with van der Waals surface area (Å²) >= 11 is 0. The van der Waals surface area contributed by atoms with Gasteiger partial charge >= 0.3 is 0 Å². The van der Waals surface area contributed by atoms with Gasteiger partial charge in [-0.15, -0.1) is 6.58 Å². The first-order valence-electron chi connectivity index (χ1n) is 6.26. The minimum Gasteiger partial charge on any atom is -0.332 e. The van der Waals surface area contributed by atoms with Gasteiger partial charge in [0.15, 0.2) is 0 Å². The van der Waals surface area contributed by atoms with Crippen LogP contribution in [0.3, 0.4) is 0 Å². The van der Waals surface area contributed by atoms with Gasteiger partial charge < -0.3 is 4.90 Å². The number of nitrogens with zero attached hydrogens (tertiary/aromatic N) is 2. The van der Waals surface area contributed by atoms with Gasteiger partial charge in [0, 0.05) is 30.4 Å². The summed E-state index contributed by atoms with van der Waals surface area (Å²) < 4.78 is 13.1. The van der Waals surface area contributed by atoms with Crippen LogP contribution in [0.25, 0.3) is 0 Å². The maximum Gasteiger partial charge on any atom is 0.254 e. The van der Waals surface area contributed by atoms with E-state index in [0.717, 1.165) is 25.7 Å². The molecule has 0 N–H and O–H groups in total. The molecule has 0 aromatic carbocycles. The number of amides is 1. The average Bonchev–Trinajstić information content (AvgIpc) is 2.89. The van der Waals surface area contributed by atoms with Crippen molar-refractivity contribution in [3.8, 4) is 0 Å². The third-order valence-corrected chi connectivity index (χ3v) is 3.33. The van der Waals surface area contributed by atoms with E-state index in [0.29, 0.717) is 12.1 Å². The SMILES string of the molecule is C=CCN(C(=O)c1ccnc(F)c1)C1CCCC1. The van der Waals surface area contributed by atoms with Crippen LogP contribution in [0.4, 0.5) is 4.39 Å². The smallest absolute Gasteiger partial charge is 0.254 e. The minimum atomic E-state index is -0.620. The van der Waals surface area contributed by atoms with Gasteiger partial charge in [-0.2, -0.15) is 4.39 Å². The molecule has 2 rings (SSSR count). The number of aromatic nitrogens is 1. The van der Waals surface area contributed by atoms with Gasteiger partial charge in [-0.3, -0.25) is 4.79 Å². The molecule has 1 fully saturated rings. The molecule has 0 saturated heterocycles. The van der Waals surface area contributed by atoms with Crippen LogP contribution in [0, 0.1) is 5.95 Å². The highest BCUT2D eigenvalue weighted by atomic mass is 19.1. The van der Waals surface area contributed by atoms with Gasteiger partial charge in [0.2, 0.25) is 5.95 Å². The average molecular weight is 248 g/mol. The monoisotopic (exact) mass is 248 g/mol. The topological polar surface area (TPSA) is 33.2 Å². The molecular weight excluding hydrogens is 231 g/mol. The van der Waals surface area contributed by atoms with E-state index in [2.05, 4.69) is 11.6 Å². The molecule has 0 spiro atoms. The van der Waals surface area contributed by atoms with Crippen molar-refractivity contribution < 1.29 is 9.18 Å². The zero-order valence-electron chi connectivity index (χ0n) is 10.3. The molecule has 1 saturated carbocycles. The van der Waals surface area contributed by atoms with Crippen molar-refractivity contribution >= 4 is 5.91 Å². The maximum absolute atomic E-state index is 13.1. The number of rotatable bonds is 4. The van der Waals surface area contributed by atoms with Gasteiger partial charge in [-0.05, 0) is 18.9 Å². The number of pyridine rings is 1. The lowest BCUT2D eigenvalue weighted by Crippen LogP contribution is -2.39. The zero-order chi connectivity index (χ0) is 13.0. The van der Waals surface area contributed by atoms with Crippen LogP contribution in [0.1, 0.15) is 36.0 Å². The lowest BCUT2D eigenvalue weighted by atomic mass is 10.1. The van der Waals surface area contributed by atoms with Crippen molar-refractivity contribution in [1.29, 1.82) is 0 Å². The molecule has 1 aliphatic carbocycles. The summed E-state index contributed by atoms with van der Waals surface area (Å²) in [6, 6.07) is 3.00. The summed E-state index contributed by atoms with van der Waals surface area (Å²) in [5.41, 5.74) is 0.358. The Kier molecular flexibility index (Phi) is 4.07. The molecule has 0 aliphatic heterocycles. The van der Waals surface area contributed by atoms with E-state index in [1.807, 2.05) is 0 Å². The summed E-state index contributed by atoms with van der Waals surface area (Å²) in [6.07, 6.45) is 7.38. The number of carbonyl (C=O) groups excluding carboxylic acids is 1. The minimum absolute atomic E-state index is 0.136. The van der Waals surface area contributed by atoms with Crippen LogP contribution in [-0.4, -0.2) is 28.4 Å². The van der Waals surface area contributed by atoms with Gasteiger partial charge in [0.25, 0.3) is 5.91 Å². The first-order valence-corrected chi connectivity index (χ1v) is 6.26. The van der Waals surface area contributed by atoms with Crippen molar-refractivity contribution in [2.24, 2.45) is 0 Å². The second-order valence-electron chi connectivity index (χ2n) is 4.55. The molecule has 18 heavy (non-hydrogen) atoms. The van der Waals surface area contributed by atoms with Crippen LogP contribution in [0.5, 0.6) is 0 Å². The van der Waals surface area contributed by atoms with Crippen molar-refractivity contribution in [2.45, 2.75) is 31.7 Å². The molecule has 0 bridgehead atoms. The normalized spacial score (nSPS) is 15.6. The Morgan fingerprint density at radius 1 is 1.56 bits per heavy atom. The summed E-state index contributed by atoms with van der Waals surface area (Å²) in [5.74, 6) is -0.756. The largest absolute Gasteiger partial charge is 0.332 e. The Balaban J connectivity index is 2.19. The van der Waals surface area contributed by atoms with Crippen molar-refractivity contribution in [3.63, 3.8) is 0 Å². The van der Waals surface area contributed by atoms with E-state index in [-0.39, 0.29) is 11.9 Å². The summed E-state index contributed by atoms with van der Waals surface area (Å²) in [7, 11) is 0. The molecule has 4 heteroatoms. The predicted octanol–water partition coefficient (Wildman–Crippen LogP) is 2.79. The second-order valence-corrected chi connectivity index (χ2v) is 4.55. The van der Waals surface area contributed by atoms with Crippen LogP contribution < -0.4 is 0 Å². The highest BCUT2D eigenvalue weighted by Gasteiger charge is 2.26. The Hall–Kier alpha value is -1.71. The Labute approximate surface area is 106 Å². The zero-order valence-corrected chi connectivity index (χ0v) is 10.3. The predicted molar refractivity (Wildman–Crippen MR) is 67.7 cm³/mol. The molecule has 1 amide bonds. The number of halogens is 1. The molecule has 1 aromatic heterocycles. The lowest BCUT2D eigenvalue weighted by Gasteiger charge is -2.27. The van der Waals surface area contributed by atoms with Crippen molar-refractivity contribution in [1.82, 2.24) is 9.88 Å². The van der Waals surface area contributed by atoms with Crippen LogP contribution in [0.2, 0.25) is 0 Å². The molecule has 3 nitrogen and oxygen atoms in total. The number of hydrogen-bond acceptors (Lipinski definition) is 2. The van der Waals surface area contributed by atoms with Crippen LogP contribution in [-0.2, 0) is 0 Å². The second kappa shape index (κ2) is 5.76. The number of hydrogen-bond donors (Lipinski definition) is 0. The van der Waals surface area contributed by atoms with Crippen molar-refractivity contribution in [2.75, 3.05) is 6.54 Å². The molecular formula is C14H17FN2O. The van der Waals surface area contributed by atoms with E-state index in [9.17, 15) is 9.18 Å². The third kappa shape index (κ3) is 2.75. The van der Waals surface area contributed by atoms with E-state index in [4.69, 9.17) is 0 Å². The standard InChI is InChI=1S/C14H17FN2O/c1-2-9-17(12-5-3-4-6-12)14(18)11-7-8-16-13(15)10-11/h2,7-8,10,12H,1,3-6,9H2. The molecule has 1 aromatic rings. The van der Waals surface area contributed by atoms with Gasteiger partial charge in [-0.1, -0.05) is 18.9 Å². The third-order valence-electron chi connectivity index (χ3n) is 3.33. The van der Waals surface area contributed by atoms with Gasteiger partial charge in [-0.25, -0.2) is 4.98 Å². The summed E-state index contributed by atoms with van der Waals surface area (Å²) in [6.45, 7) is 4.19. The first kappa shape index (κ1) is 12.7. The molecule has 0 unspecified atom stereocenters. The van der Waals surface area contributed by atoms with E-state index in [1.165, 1.54) is 12.3 Å². The molecule has 0 atom stereocenters. The fraction of sp³-hybridized carbons (Fsp3) is 0.429. The highest BCUT2D eigenvalue weighted by Crippen LogP contribution is 2.24. The molecule has 1 heterocycles.